The number of rotatable bonds is 4. The van der Waals surface area contributed by atoms with E-state index in [1.165, 1.54) is 6.42 Å². The van der Waals surface area contributed by atoms with Gasteiger partial charge in [-0.05, 0) is 19.3 Å². The minimum Gasteiger partial charge on any atom is -0.390 e. The summed E-state index contributed by atoms with van der Waals surface area (Å²) in [5.74, 6) is 0. The number of hydrogen-bond acceptors (Lipinski definition) is 3. The number of hydrogen-bond donors (Lipinski definition) is 2. The number of ether oxygens (including phenoxy) is 1. The second-order valence-electron chi connectivity index (χ2n) is 4.30. The molecule has 2 N–H and O–H groups in total. The van der Waals surface area contributed by atoms with E-state index in [4.69, 9.17) is 4.74 Å². The molecule has 14 heavy (non-hydrogen) atoms. The summed E-state index contributed by atoms with van der Waals surface area (Å²) in [4.78, 5) is 0. The second-order valence-corrected chi connectivity index (χ2v) is 4.30. The van der Waals surface area contributed by atoms with Crippen molar-refractivity contribution in [3.63, 3.8) is 0 Å². The lowest BCUT2D eigenvalue weighted by Gasteiger charge is -2.40. The van der Waals surface area contributed by atoms with Gasteiger partial charge >= 0.3 is 0 Å². The van der Waals surface area contributed by atoms with Crippen LogP contribution in [0, 0.1) is 0 Å². The molecule has 3 heteroatoms. The highest BCUT2D eigenvalue weighted by molar-refractivity contribution is 4.93. The first-order valence-electron chi connectivity index (χ1n) is 5.57. The summed E-state index contributed by atoms with van der Waals surface area (Å²) in [7, 11) is 1.57. The minimum absolute atomic E-state index is 0.423. The van der Waals surface area contributed by atoms with Crippen molar-refractivity contribution in [1.82, 2.24) is 0 Å². The third-order valence-corrected chi connectivity index (χ3v) is 3.27. The summed E-state index contributed by atoms with van der Waals surface area (Å²) in [6.45, 7) is 1.91. The van der Waals surface area contributed by atoms with E-state index >= 15 is 0 Å². The molecule has 0 amide bonds. The van der Waals surface area contributed by atoms with Crippen LogP contribution in [0.1, 0.15) is 45.4 Å². The zero-order valence-electron chi connectivity index (χ0n) is 9.20. The van der Waals surface area contributed by atoms with E-state index in [1.807, 2.05) is 6.92 Å². The van der Waals surface area contributed by atoms with Crippen LogP contribution in [0.5, 0.6) is 0 Å². The molecule has 0 aromatic carbocycles. The molecule has 0 spiro atoms. The molecule has 84 valence electrons. The molecular formula is C11H22O3. The molecular weight excluding hydrogens is 180 g/mol. The standard InChI is InChI=1S/C11H22O3/c1-3-9(12)10(14-2)11(13)7-5-4-6-8-11/h9-10,12-13H,3-8H2,1-2H3. The number of aliphatic hydroxyl groups excluding tert-OH is 1. The van der Waals surface area contributed by atoms with Gasteiger partial charge in [-0.1, -0.05) is 26.2 Å². The van der Waals surface area contributed by atoms with Crippen molar-refractivity contribution >= 4 is 0 Å². The molecule has 0 aliphatic heterocycles. The number of aliphatic hydroxyl groups is 2. The molecule has 0 saturated heterocycles. The Kier molecular flexibility index (Phi) is 4.35. The lowest BCUT2D eigenvalue weighted by Crippen LogP contribution is -2.51. The van der Waals surface area contributed by atoms with E-state index in [2.05, 4.69) is 0 Å². The molecule has 1 aliphatic rings. The third-order valence-electron chi connectivity index (χ3n) is 3.27. The van der Waals surface area contributed by atoms with Crippen LogP contribution < -0.4 is 0 Å². The fourth-order valence-corrected chi connectivity index (χ4v) is 2.40. The van der Waals surface area contributed by atoms with Crippen molar-refractivity contribution < 1.29 is 14.9 Å². The Morgan fingerprint density at radius 3 is 2.29 bits per heavy atom. The summed E-state index contributed by atoms with van der Waals surface area (Å²) in [6, 6.07) is 0. The SMILES string of the molecule is CCC(O)C(OC)C1(O)CCCCC1. The van der Waals surface area contributed by atoms with Gasteiger partial charge in [-0.25, -0.2) is 0 Å². The van der Waals surface area contributed by atoms with Crippen molar-refractivity contribution in [1.29, 1.82) is 0 Å². The fourth-order valence-electron chi connectivity index (χ4n) is 2.40. The Hall–Kier alpha value is -0.120. The number of methoxy groups -OCH3 is 1. The van der Waals surface area contributed by atoms with Crippen LogP contribution in [0.4, 0.5) is 0 Å². The van der Waals surface area contributed by atoms with E-state index in [-0.39, 0.29) is 0 Å². The first kappa shape index (κ1) is 12.0. The molecule has 0 heterocycles. The molecule has 0 radical (unpaired) electrons. The van der Waals surface area contributed by atoms with Gasteiger partial charge in [0.25, 0.3) is 0 Å². The van der Waals surface area contributed by atoms with Crippen molar-refractivity contribution in [2.45, 2.75) is 63.3 Å². The van der Waals surface area contributed by atoms with Crippen LogP contribution in [-0.4, -0.2) is 35.1 Å². The van der Waals surface area contributed by atoms with Crippen LogP contribution in [0.2, 0.25) is 0 Å². The molecule has 1 aliphatic carbocycles. The quantitative estimate of drug-likeness (QED) is 0.725. The highest BCUT2D eigenvalue weighted by atomic mass is 16.5. The van der Waals surface area contributed by atoms with Gasteiger partial charge in [0.2, 0.25) is 0 Å². The normalized spacial score (nSPS) is 25.7. The van der Waals surface area contributed by atoms with Crippen LogP contribution >= 0.6 is 0 Å². The maximum Gasteiger partial charge on any atom is 0.112 e. The summed E-state index contributed by atoms with van der Waals surface area (Å²) in [5, 5.41) is 20.1. The molecule has 1 saturated carbocycles. The van der Waals surface area contributed by atoms with Crippen LogP contribution in [0.15, 0.2) is 0 Å². The molecule has 0 bridgehead atoms. The van der Waals surface area contributed by atoms with Gasteiger partial charge in [-0.15, -0.1) is 0 Å². The van der Waals surface area contributed by atoms with Crippen LogP contribution in [-0.2, 0) is 4.74 Å². The van der Waals surface area contributed by atoms with Crippen LogP contribution in [0.3, 0.4) is 0 Å². The van der Waals surface area contributed by atoms with Gasteiger partial charge < -0.3 is 14.9 Å². The van der Waals surface area contributed by atoms with E-state index in [1.54, 1.807) is 7.11 Å². The van der Waals surface area contributed by atoms with Gasteiger partial charge in [0.1, 0.15) is 6.10 Å². The van der Waals surface area contributed by atoms with E-state index in [0.29, 0.717) is 6.42 Å². The summed E-state index contributed by atoms with van der Waals surface area (Å²) in [5.41, 5.74) is -0.803. The highest BCUT2D eigenvalue weighted by Crippen LogP contribution is 2.34. The van der Waals surface area contributed by atoms with Crippen LogP contribution in [0.25, 0.3) is 0 Å². The lowest BCUT2D eigenvalue weighted by molar-refractivity contribution is -0.155. The smallest absolute Gasteiger partial charge is 0.112 e. The van der Waals surface area contributed by atoms with Crippen molar-refractivity contribution in [3.8, 4) is 0 Å². The first-order valence-corrected chi connectivity index (χ1v) is 5.57. The maximum atomic E-state index is 10.3. The predicted octanol–water partition coefficient (Wildman–Crippen LogP) is 1.47. The van der Waals surface area contributed by atoms with Gasteiger partial charge in [0, 0.05) is 7.11 Å². The third kappa shape index (κ3) is 2.47. The maximum absolute atomic E-state index is 10.3. The molecule has 1 fully saturated rings. The predicted molar refractivity (Wildman–Crippen MR) is 55.1 cm³/mol. The van der Waals surface area contributed by atoms with Gasteiger partial charge in [0.05, 0.1) is 11.7 Å². The highest BCUT2D eigenvalue weighted by Gasteiger charge is 2.41. The van der Waals surface area contributed by atoms with Gasteiger partial charge in [0.15, 0.2) is 0 Å². The molecule has 0 aromatic rings. The summed E-state index contributed by atoms with van der Waals surface area (Å²) >= 11 is 0. The minimum atomic E-state index is -0.803. The zero-order chi connectivity index (χ0) is 10.6. The molecule has 0 aromatic heterocycles. The molecule has 2 unspecified atom stereocenters. The van der Waals surface area contributed by atoms with Crippen molar-refractivity contribution in [2.24, 2.45) is 0 Å². The Morgan fingerprint density at radius 1 is 1.29 bits per heavy atom. The van der Waals surface area contributed by atoms with E-state index < -0.39 is 17.8 Å². The topological polar surface area (TPSA) is 49.7 Å². The van der Waals surface area contributed by atoms with E-state index in [9.17, 15) is 10.2 Å². The Labute approximate surface area is 86.1 Å². The summed E-state index contributed by atoms with van der Waals surface area (Å²) in [6.07, 6.45) is 4.41. The Morgan fingerprint density at radius 2 is 1.86 bits per heavy atom. The van der Waals surface area contributed by atoms with Gasteiger partial charge in [-0.2, -0.15) is 0 Å². The largest absolute Gasteiger partial charge is 0.390 e. The zero-order valence-corrected chi connectivity index (χ0v) is 9.20. The molecule has 1 rings (SSSR count). The first-order chi connectivity index (χ1) is 6.64. The lowest BCUT2D eigenvalue weighted by atomic mass is 9.78. The van der Waals surface area contributed by atoms with Crippen molar-refractivity contribution in [3.05, 3.63) is 0 Å². The second kappa shape index (κ2) is 5.10. The Balaban J connectivity index is 2.65. The fraction of sp³-hybridized carbons (Fsp3) is 1.00. The monoisotopic (exact) mass is 202 g/mol. The average Bonchev–Trinajstić information content (AvgIpc) is 2.19. The molecule has 3 nitrogen and oxygen atoms in total. The summed E-state index contributed by atoms with van der Waals surface area (Å²) < 4.78 is 5.25. The van der Waals surface area contributed by atoms with Gasteiger partial charge in [-0.3, -0.25) is 0 Å². The average molecular weight is 202 g/mol. The van der Waals surface area contributed by atoms with Crippen molar-refractivity contribution in [2.75, 3.05) is 7.11 Å². The van der Waals surface area contributed by atoms with E-state index in [0.717, 1.165) is 25.7 Å². The Bertz CT molecular complexity index is 164. The molecule has 2 atom stereocenters.